The molecule has 0 N–H and O–H groups in total. The number of hydrogen-bond donors (Lipinski definition) is 0. The SMILES string of the molecule is CC(C)C(Cc1ccc2ccccc2c1)Cc1ccc2ccccc2c1. The second-order valence-electron chi connectivity index (χ2n) is 7.78. The Morgan fingerprint density at radius 2 is 0.962 bits per heavy atom. The Labute approximate surface area is 156 Å². The van der Waals surface area contributed by atoms with Crippen LogP contribution in [0, 0.1) is 11.8 Å². The van der Waals surface area contributed by atoms with E-state index >= 15 is 0 Å². The van der Waals surface area contributed by atoms with Gasteiger partial charge in [-0.05, 0) is 57.3 Å². The predicted octanol–water partition coefficient (Wildman–Crippen LogP) is 7.05. The summed E-state index contributed by atoms with van der Waals surface area (Å²) >= 11 is 0. The molecular formula is C26H26. The van der Waals surface area contributed by atoms with Crippen LogP contribution in [0.25, 0.3) is 21.5 Å². The molecule has 0 amide bonds. The molecule has 130 valence electrons. The molecule has 0 fully saturated rings. The zero-order valence-corrected chi connectivity index (χ0v) is 15.7. The van der Waals surface area contributed by atoms with E-state index in [1.165, 1.54) is 32.7 Å². The lowest BCUT2D eigenvalue weighted by Crippen LogP contribution is -2.15. The van der Waals surface area contributed by atoms with Gasteiger partial charge in [-0.1, -0.05) is 98.8 Å². The van der Waals surface area contributed by atoms with Crippen LogP contribution in [0.1, 0.15) is 25.0 Å². The van der Waals surface area contributed by atoms with Gasteiger partial charge in [0.25, 0.3) is 0 Å². The quantitative estimate of drug-likeness (QED) is 0.366. The first-order valence-corrected chi connectivity index (χ1v) is 9.64. The number of benzene rings is 4. The molecule has 0 aliphatic rings. The molecule has 4 rings (SSSR count). The predicted molar refractivity (Wildman–Crippen MR) is 114 cm³/mol. The van der Waals surface area contributed by atoms with Gasteiger partial charge in [0, 0.05) is 0 Å². The van der Waals surface area contributed by atoms with Gasteiger partial charge in [0.05, 0.1) is 0 Å². The lowest BCUT2D eigenvalue weighted by Gasteiger charge is -2.22. The molecular weight excluding hydrogens is 312 g/mol. The summed E-state index contributed by atoms with van der Waals surface area (Å²) in [6, 6.07) is 31.1. The molecule has 4 aromatic rings. The summed E-state index contributed by atoms with van der Waals surface area (Å²) in [6.07, 6.45) is 2.27. The molecule has 0 saturated heterocycles. The van der Waals surface area contributed by atoms with E-state index < -0.39 is 0 Å². The Hall–Kier alpha value is -2.60. The zero-order chi connectivity index (χ0) is 17.9. The molecule has 0 atom stereocenters. The maximum Gasteiger partial charge on any atom is -0.0181 e. The Kier molecular flexibility index (Phi) is 4.75. The fourth-order valence-corrected chi connectivity index (χ4v) is 3.88. The first kappa shape index (κ1) is 16.8. The fraction of sp³-hybridized carbons (Fsp3) is 0.231. The molecule has 0 radical (unpaired) electrons. The Morgan fingerprint density at radius 1 is 0.538 bits per heavy atom. The first-order chi connectivity index (χ1) is 12.7. The molecule has 0 heteroatoms. The van der Waals surface area contributed by atoms with Gasteiger partial charge in [0.15, 0.2) is 0 Å². The molecule has 0 aromatic heterocycles. The van der Waals surface area contributed by atoms with Crippen LogP contribution in [0.3, 0.4) is 0 Å². The van der Waals surface area contributed by atoms with Gasteiger partial charge in [-0.25, -0.2) is 0 Å². The van der Waals surface area contributed by atoms with Crippen molar-refractivity contribution in [2.45, 2.75) is 26.7 Å². The molecule has 0 aliphatic heterocycles. The van der Waals surface area contributed by atoms with Crippen LogP contribution in [-0.2, 0) is 12.8 Å². The summed E-state index contributed by atoms with van der Waals surface area (Å²) in [7, 11) is 0. The third kappa shape index (κ3) is 3.65. The van der Waals surface area contributed by atoms with Crippen molar-refractivity contribution in [2.24, 2.45) is 11.8 Å². The average Bonchev–Trinajstić information content (AvgIpc) is 2.67. The van der Waals surface area contributed by atoms with Crippen molar-refractivity contribution < 1.29 is 0 Å². The highest BCUT2D eigenvalue weighted by molar-refractivity contribution is 5.83. The largest absolute Gasteiger partial charge is 0.0625 e. The monoisotopic (exact) mass is 338 g/mol. The molecule has 0 spiro atoms. The van der Waals surface area contributed by atoms with Crippen LogP contribution in [0.4, 0.5) is 0 Å². The second kappa shape index (κ2) is 7.33. The van der Waals surface area contributed by atoms with E-state index in [1.54, 1.807) is 0 Å². The van der Waals surface area contributed by atoms with Gasteiger partial charge < -0.3 is 0 Å². The standard InChI is InChI=1S/C26H26/c1-19(2)26(17-20-11-13-22-7-3-5-9-24(22)15-20)18-21-12-14-23-8-4-6-10-25(23)16-21/h3-16,19,26H,17-18H2,1-2H3. The van der Waals surface area contributed by atoms with E-state index in [2.05, 4.69) is 98.8 Å². The van der Waals surface area contributed by atoms with Crippen LogP contribution in [0.5, 0.6) is 0 Å². The molecule has 0 bridgehead atoms. The summed E-state index contributed by atoms with van der Waals surface area (Å²) in [6.45, 7) is 4.71. The summed E-state index contributed by atoms with van der Waals surface area (Å²) < 4.78 is 0. The van der Waals surface area contributed by atoms with Gasteiger partial charge in [0.2, 0.25) is 0 Å². The van der Waals surface area contributed by atoms with Crippen LogP contribution < -0.4 is 0 Å². The minimum atomic E-state index is 0.650. The summed E-state index contributed by atoms with van der Waals surface area (Å²) in [5.41, 5.74) is 2.89. The highest BCUT2D eigenvalue weighted by Gasteiger charge is 2.15. The van der Waals surface area contributed by atoms with Crippen molar-refractivity contribution in [1.82, 2.24) is 0 Å². The third-order valence-electron chi connectivity index (χ3n) is 5.57. The fourth-order valence-electron chi connectivity index (χ4n) is 3.88. The number of rotatable bonds is 5. The maximum absolute atomic E-state index is 2.37. The molecule has 0 unspecified atom stereocenters. The average molecular weight is 338 g/mol. The number of fused-ring (bicyclic) bond motifs is 2. The maximum atomic E-state index is 2.37. The molecule has 0 heterocycles. The van der Waals surface area contributed by atoms with Crippen molar-refractivity contribution in [3.63, 3.8) is 0 Å². The highest BCUT2D eigenvalue weighted by Crippen LogP contribution is 2.26. The van der Waals surface area contributed by atoms with Gasteiger partial charge in [0.1, 0.15) is 0 Å². The van der Waals surface area contributed by atoms with Crippen LogP contribution in [-0.4, -0.2) is 0 Å². The zero-order valence-electron chi connectivity index (χ0n) is 15.7. The Bertz CT molecular complexity index is 945. The lowest BCUT2D eigenvalue weighted by molar-refractivity contribution is 0.380. The van der Waals surface area contributed by atoms with Crippen molar-refractivity contribution in [3.8, 4) is 0 Å². The minimum absolute atomic E-state index is 0.650. The van der Waals surface area contributed by atoms with Gasteiger partial charge in [-0.3, -0.25) is 0 Å². The molecule has 0 aliphatic carbocycles. The first-order valence-electron chi connectivity index (χ1n) is 9.64. The highest BCUT2D eigenvalue weighted by atomic mass is 14.2. The van der Waals surface area contributed by atoms with E-state index in [-0.39, 0.29) is 0 Å². The van der Waals surface area contributed by atoms with Gasteiger partial charge in [-0.15, -0.1) is 0 Å². The third-order valence-corrected chi connectivity index (χ3v) is 5.57. The normalized spacial score (nSPS) is 11.7. The molecule has 4 aromatic carbocycles. The smallest absolute Gasteiger partial charge is 0.0181 e. The van der Waals surface area contributed by atoms with Gasteiger partial charge in [-0.2, -0.15) is 0 Å². The summed E-state index contributed by atoms with van der Waals surface area (Å²) in [5, 5.41) is 5.34. The minimum Gasteiger partial charge on any atom is -0.0625 e. The summed E-state index contributed by atoms with van der Waals surface area (Å²) in [5.74, 6) is 1.31. The van der Waals surface area contributed by atoms with E-state index in [9.17, 15) is 0 Å². The van der Waals surface area contributed by atoms with Gasteiger partial charge >= 0.3 is 0 Å². The summed E-state index contributed by atoms with van der Waals surface area (Å²) in [4.78, 5) is 0. The molecule has 0 nitrogen and oxygen atoms in total. The van der Waals surface area contributed by atoms with E-state index in [4.69, 9.17) is 0 Å². The second-order valence-corrected chi connectivity index (χ2v) is 7.78. The Morgan fingerprint density at radius 3 is 1.38 bits per heavy atom. The van der Waals surface area contributed by atoms with Crippen molar-refractivity contribution in [2.75, 3.05) is 0 Å². The Balaban J connectivity index is 1.57. The van der Waals surface area contributed by atoms with Crippen molar-refractivity contribution >= 4 is 21.5 Å². The number of hydrogen-bond acceptors (Lipinski definition) is 0. The van der Waals surface area contributed by atoms with Crippen LogP contribution >= 0.6 is 0 Å². The molecule has 0 saturated carbocycles. The van der Waals surface area contributed by atoms with Crippen molar-refractivity contribution in [1.29, 1.82) is 0 Å². The van der Waals surface area contributed by atoms with Crippen molar-refractivity contribution in [3.05, 3.63) is 96.1 Å². The van der Waals surface area contributed by atoms with Crippen LogP contribution in [0.15, 0.2) is 84.9 Å². The topological polar surface area (TPSA) is 0 Å². The van der Waals surface area contributed by atoms with Crippen LogP contribution in [0.2, 0.25) is 0 Å². The van der Waals surface area contributed by atoms with E-state index in [1.807, 2.05) is 0 Å². The lowest BCUT2D eigenvalue weighted by atomic mass is 9.83. The van der Waals surface area contributed by atoms with E-state index in [0.29, 0.717) is 11.8 Å². The van der Waals surface area contributed by atoms with E-state index in [0.717, 1.165) is 12.8 Å². The molecule has 26 heavy (non-hydrogen) atoms.